The topological polar surface area (TPSA) is 51.5 Å². The first-order valence-corrected chi connectivity index (χ1v) is 8.08. The molecule has 22 heavy (non-hydrogen) atoms. The number of hydrogen-bond acceptors (Lipinski definition) is 3. The molecule has 0 spiro atoms. The van der Waals surface area contributed by atoms with Crippen LogP contribution in [-0.2, 0) is 4.79 Å². The molecule has 1 atom stereocenters. The van der Waals surface area contributed by atoms with Gasteiger partial charge in [-0.05, 0) is 50.6 Å². The largest absolute Gasteiger partial charge is 0.494 e. The third kappa shape index (κ3) is 5.22. The number of benzene rings is 1. The first kappa shape index (κ1) is 16.6. The van der Waals surface area contributed by atoms with Gasteiger partial charge in [0.1, 0.15) is 17.3 Å². The van der Waals surface area contributed by atoms with E-state index in [2.05, 4.69) is 21.2 Å². The van der Waals surface area contributed by atoms with E-state index < -0.39 is 0 Å². The van der Waals surface area contributed by atoms with E-state index in [-0.39, 0.29) is 11.9 Å². The molecule has 0 bridgehead atoms. The lowest BCUT2D eigenvalue weighted by Gasteiger charge is -2.11. The van der Waals surface area contributed by atoms with Crippen LogP contribution in [0.3, 0.4) is 0 Å². The fraction of sp³-hybridized carbons (Fsp3) is 0.353. The Morgan fingerprint density at radius 1 is 1.36 bits per heavy atom. The van der Waals surface area contributed by atoms with Crippen LogP contribution < -0.4 is 10.1 Å². The average molecular weight is 366 g/mol. The van der Waals surface area contributed by atoms with Crippen molar-refractivity contribution in [3.63, 3.8) is 0 Å². The van der Waals surface area contributed by atoms with E-state index in [0.717, 1.165) is 21.7 Å². The molecule has 0 aliphatic heterocycles. The van der Waals surface area contributed by atoms with Gasteiger partial charge in [0.15, 0.2) is 0 Å². The van der Waals surface area contributed by atoms with Crippen molar-refractivity contribution in [1.82, 2.24) is 5.32 Å². The number of furan rings is 1. The number of amides is 1. The summed E-state index contributed by atoms with van der Waals surface area (Å²) in [5, 5.41) is 2.92. The molecule has 1 amide bonds. The molecule has 2 rings (SSSR count). The highest BCUT2D eigenvalue weighted by Crippen LogP contribution is 2.18. The van der Waals surface area contributed by atoms with Gasteiger partial charge >= 0.3 is 0 Å². The van der Waals surface area contributed by atoms with Crippen molar-refractivity contribution in [3.05, 3.63) is 52.4 Å². The van der Waals surface area contributed by atoms with E-state index >= 15 is 0 Å². The highest BCUT2D eigenvalue weighted by Gasteiger charge is 2.12. The molecule has 1 aromatic heterocycles. The van der Waals surface area contributed by atoms with E-state index in [1.54, 1.807) is 0 Å². The van der Waals surface area contributed by atoms with Crippen LogP contribution >= 0.6 is 15.9 Å². The van der Waals surface area contributed by atoms with Gasteiger partial charge in [0.2, 0.25) is 5.91 Å². The van der Waals surface area contributed by atoms with Crippen LogP contribution in [0.5, 0.6) is 5.75 Å². The molecule has 0 aliphatic rings. The number of hydrogen-bond donors (Lipinski definition) is 1. The summed E-state index contributed by atoms with van der Waals surface area (Å²) in [5.41, 5.74) is 0. The molecular formula is C17H20BrNO3. The lowest BCUT2D eigenvalue weighted by Crippen LogP contribution is -2.26. The molecule has 1 aromatic carbocycles. The van der Waals surface area contributed by atoms with Gasteiger partial charge in [-0.15, -0.1) is 0 Å². The minimum absolute atomic E-state index is 0.000560. The highest BCUT2D eigenvalue weighted by molar-refractivity contribution is 9.10. The van der Waals surface area contributed by atoms with Crippen molar-refractivity contribution in [2.45, 2.75) is 32.7 Å². The molecule has 118 valence electrons. The molecule has 0 saturated carbocycles. The van der Waals surface area contributed by atoms with E-state index in [1.165, 1.54) is 0 Å². The number of ether oxygens (including phenoxy) is 1. The second kappa shape index (κ2) is 8.03. The Bertz CT molecular complexity index is 624. The van der Waals surface area contributed by atoms with Gasteiger partial charge in [-0.2, -0.15) is 0 Å². The summed E-state index contributed by atoms with van der Waals surface area (Å²) in [6.45, 7) is 4.31. The normalized spacial score (nSPS) is 12.0. The third-order valence-corrected chi connectivity index (χ3v) is 3.67. The maximum Gasteiger partial charge on any atom is 0.220 e. The van der Waals surface area contributed by atoms with E-state index in [0.29, 0.717) is 19.4 Å². The number of rotatable bonds is 7. The summed E-state index contributed by atoms with van der Waals surface area (Å²) >= 11 is 3.39. The first-order chi connectivity index (χ1) is 10.5. The number of carbonyl (C=O) groups excluding carboxylic acids is 1. The standard InChI is InChI=1S/C17H20BrNO3/c1-12-8-9-16(22-12)13(2)19-17(20)7-4-10-21-15-6-3-5-14(18)11-15/h3,5-6,8-9,11,13H,4,7,10H2,1-2H3,(H,19,20). The molecule has 1 unspecified atom stereocenters. The van der Waals surface area contributed by atoms with Gasteiger partial charge < -0.3 is 14.5 Å². The van der Waals surface area contributed by atoms with Crippen LogP contribution in [0.15, 0.2) is 45.3 Å². The number of aryl methyl sites for hydroxylation is 1. The Kier molecular flexibility index (Phi) is 6.07. The molecule has 5 heteroatoms. The van der Waals surface area contributed by atoms with Gasteiger partial charge in [0, 0.05) is 10.9 Å². The SMILES string of the molecule is Cc1ccc(C(C)NC(=O)CCCOc2cccc(Br)c2)o1. The first-order valence-electron chi connectivity index (χ1n) is 7.28. The fourth-order valence-electron chi connectivity index (χ4n) is 2.05. The zero-order valence-electron chi connectivity index (χ0n) is 12.8. The minimum Gasteiger partial charge on any atom is -0.494 e. The van der Waals surface area contributed by atoms with E-state index in [1.807, 2.05) is 50.2 Å². The zero-order valence-corrected chi connectivity index (χ0v) is 14.4. The van der Waals surface area contributed by atoms with Crippen molar-refractivity contribution in [3.8, 4) is 5.75 Å². The molecule has 0 fully saturated rings. The van der Waals surface area contributed by atoms with Crippen molar-refractivity contribution < 1.29 is 13.9 Å². The third-order valence-electron chi connectivity index (χ3n) is 3.18. The molecule has 0 radical (unpaired) electrons. The maximum absolute atomic E-state index is 11.9. The summed E-state index contributed by atoms with van der Waals surface area (Å²) in [5.74, 6) is 2.42. The predicted molar refractivity (Wildman–Crippen MR) is 88.9 cm³/mol. The van der Waals surface area contributed by atoms with Crippen molar-refractivity contribution >= 4 is 21.8 Å². The van der Waals surface area contributed by atoms with Crippen molar-refractivity contribution in [2.75, 3.05) is 6.61 Å². The smallest absolute Gasteiger partial charge is 0.220 e. The quantitative estimate of drug-likeness (QED) is 0.740. The molecule has 4 nitrogen and oxygen atoms in total. The minimum atomic E-state index is -0.118. The molecule has 0 aliphatic carbocycles. The summed E-state index contributed by atoms with van der Waals surface area (Å²) in [7, 11) is 0. The number of nitrogens with one attached hydrogen (secondary N) is 1. The molecule has 2 aromatic rings. The molecule has 0 saturated heterocycles. The monoisotopic (exact) mass is 365 g/mol. The van der Waals surface area contributed by atoms with Crippen molar-refractivity contribution in [1.29, 1.82) is 0 Å². The Labute approximate surface area is 139 Å². The second-order valence-corrected chi connectivity index (χ2v) is 6.06. The maximum atomic E-state index is 11.9. The van der Waals surface area contributed by atoms with Crippen molar-refractivity contribution in [2.24, 2.45) is 0 Å². The number of carbonyl (C=O) groups is 1. The van der Waals surface area contributed by atoms with Gasteiger partial charge in [0.25, 0.3) is 0 Å². The van der Waals surface area contributed by atoms with Crippen LogP contribution in [0.25, 0.3) is 0 Å². The van der Waals surface area contributed by atoms with Gasteiger partial charge in [-0.25, -0.2) is 0 Å². The average Bonchev–Trinajstić information content (AvgIpc) is 2.90. The van der Waals surface area contributed by atoms with Gasteiger partial charge in [-0.1, -0.05) is 22.0 Å². The van der Waals surface area contributed by atoms with E-state index in [9.17, 15) is 4.79 Å². The summed E-state index contributed by atoms with van der Waals surface area (Å²) in [6, 6.07) is 11.3. The predicted octanol–water partition coefficient (Wildman–Crippen LogP) is 4.39. The number of halogens is 1. The van der Waals surface area contributed by atoms with Gasteiger partial charge in [0.05, 0.1) is 12.6 Å². The fourth-order valence-corrected chi connectivity index (χ4v) is 2.43. The lowest BCUT2D eigenvalue weighted by atomic mass is 10.2. The summed E-state index contributed by atoms with van der Waals surface area (Å²) in [4.78, 5) is 11.9. The highest BCUT2D eigenvalue weighted by atomic mass is 79.9. The Morgan fingerprint density at radius 2 is 2.18 bits per heavy atom. The van der Waals surface area contributed by atoms with Crippen LogP contribution in [0.1, 0.15) is 37.3 Å². The van der Waals surface area contributed by atoms with Crippen LogP contribution in [0.4, 0.5) is 0 Å². The van der Waals surface area contributed by atoms with Crippen LogP contribution in [0.2, 0.25) is 0 Å². The molecule has 1 heterocycles. The van der Waals surface area contributed by atoms with E-state index in [4.69, 9.17) is 9.15 Å². The van der Waals surface area contributed by atoms with Crippen LogP contribution in [-0.4, -0.2) is 12.5 Å². The molecular weight excluding hydrogens is 346 g/mol. The summed E-state index contributed by atoms with van der Waals surface area (Å²) in [6.07, 6.45) is 1.10. The summed E-state index contributed by atoms with van der Waals surface area (Å²) < 4.78 is 12.1. The Morgan fingerprint density at radius 3 is 2.86 bits per heavy atom. The van der Waals surface area contributed by atoms with Gasteiger partial charge in [-0.3, -0.25) is 4.79 Å². The Balaban J connectivity index is 1.67. The zero-order chi connectivity index (χ0) is 15.9. The molecule has 1 N–H and O–H groups in total. The second-order valence-electron chi connectivity index (χ2n) is 5.15. The Hall–Kier alpha value is -1.75. The van der Waals surface area contributed by atoms with Crippen LogP contribution in [0, 0.1) is 6.92 Å². The lowest BCUT2D eigenvalue weighted by molar-refractivity contribution is -0.122.